The number of benzene rings is 1. The van der Waals surface area contributed by atoms with E-state index in [1.807, 2.05) is 50.3 Å². The molecule has 1 heterocycles. The largest absolute Gasteiger partial charge is 0.282 e. The van der Waals surface area contributed by atoms with Crippen LogP contribution >= 0.6 is 0 Å². The lowest BCUT2D eigenvalue weighted by Crippen LogP contribution is -2.17. The first-order chi connectivity index (χ1) is 10.7. The highest BCUT2D eigenvalue weighted by molar-refractivity contribution is 5.81. The molecule has 0 aliphatic carbocycles. The molecule has 0 unspecified atom stereocenters. The molecule has 1 aromatic heterocycles. The maximum atomic E-state index is 11.7. The molecule has 5 heteroatoms. The van der Waals surface area contributed by atoms with E-state index >= 15 is 0 Å². The second-order valence-electron chi connectivity index (χ2n) is 5.00. The monoisotopic (exact) mass is 296 g/mol. The van der Waals surface area contributed by atoms with Gasteiger partial charge < -0.3 is 0 Å². The Bertz CT molecular complexity index is 652. The van der Waals surface area contributed by atoms with E-state index in [-0.39, 0.29) is 5.91 Å². The molecule has 1 aromatic carbocycles. The highest BCUT2D eigenvalue weighted by Gasteiger charge is 2.08. The van der Waals surface area contributed by atoms with Crippen LogP contribution in [-0.2, 0) is 11.2 Å². The molecule has 0 saturated carbocycles. The molecular weight excluding hydrogens is 276 g/mol. The van der Waals surface area contributed by atoms with Gasteiger partial charge in [0.05, 0.1) is 5.69 Å². The summed E-state index contributed by atoms with van der Waals surface area (Å²) in [5.41, 5.74) is 6.67. The Balaban J connectivity index is 1.74. The summed E-state index contributed by atoms with van der Waals surface area (Å²) in [5.74, 6) is -0.107. The van der Waals surface area contributed by atoms with E-state index in [0.717, 1.165) is 22.5 Å². The van der Waals surface area contributed by atoms with Crippen molar-refractivity contribution in [2.24, 2.45) is 5.10 Å². The number of allylic oxidation sites excluding steroid dienone is 1. The van der Waals surface area contributed by atoms with Gasteiger partial charge in [0.15, 0.2) is 0 Å². The minimum Gasteiger partial charge on any atom is -0.282 e. The SMILES string of the molecule is Cc1n[nH]c(C)c1CCC(=O)NN=C/C=C/c1ccccc1. The number of aromatic nitrogens is 2. The fourth-order valence-electron chi connectivity index (χ4n) is 2.11. The summed E-state index contributed by atoms with van der Waals surface area (Å²) in [4.78, 5) is 11.7. The van der Waals surface area contributed by atoms with Crippen LogP contribution in [0.1, 0.15) is 28.9 Å². The third kappa shape index (κ3) is 4.70. The van der Waals surface area contributed by atoms with Crippen LogP contribution in [0, 0.1) is 13.8 Å². The molecule has 5 nitrogen and oxygen atoms in total. The van der Waals surface area contributed by atoms with Gasteiger partial charge in [-0.1, -0.05) is 36.4 Å². The Morgan fingerprint density at radius 2 is 2.09 bits per heavy atom. The van der Waals surface area contributed by atoms with Gasteiger partial charge in [-0.2, -0.15) is 10.2 Å². The Morgan fingerprint density at radius 3 is 2.77 bits per heavy atom. The zero-order chi connectivity index (χ0) is 15.8. The molecule has 0 spiro atoms. The molecule has 1 amide bonds. The molecule has 0 fully saturated rings. The Hall–Kier alpha value is -2.69. The van der Waals surface area contributed by atoms with Crippen molar-refractivity contribution in [2.45, 2.75) is 26.7 Å². The zero-order valence-corrected chi connectivity index (χ0v) is 12.8. The van der Waals surface area contributed by atoms with Crippen LogP contribution in [0.3, 0.4) is 0 Å². The number of hydrogen-bond donors (Lipinski definition) is 2. The molecule has 0 atom stereocenters. The summed E-state index contributed by atoms with van der Waals surface area (Å²) in [6.45, 7) is 3.89. The highest BCUT2D eigenvalue weighted by Crippen LogP contribution is 2.11. The number of nitrogens with zero attached hydrogens (tertiary/aromatic N) is 2. The topological polar surface area (TPSA) is 70.1 Å². The molecular formula is C17H20N4O. The lowest BCUT2D eigenvalue weighted by molar-refractivity contribution is -0.121. The van der Waals surface area contributed by atoms with Crippen molar-refractivity contribution >= 4 is 18.2 Å². The minimum absolute atomic E-state index is 0.107. The van der Waals surface area contributed by atoms with Gasteiger partial charge in [-0.25, -0.2) is 5.43 Å². The number of hydrogen-bond acceptors (Lipinski definition) is 3. The van der Waals surface area contributed by atoms with E-state index in [9.17, 15) is 4.79 Å². The van der Waals surface area contributed by atoms with Crippen LogP contribution in [0.2, 0.25) is 0 Å². The molecule has 2 N–H and O–H groups in total. The number of amides is 1. The van der Waals surface area contributed by atoms with Crippen molar-refractivity contribution in [1.29, 1.82) is 0 Å². The van der Waals surface area contributed by atoms with Crippen LogP contribution in [-0.4, -0.2) is 22.3 Å². The summed E-state index contributed by atoms with van der Waals surface area (Å²) in [6.07, 6.45) is 6.34. The molecule has 114 valence electrons. The van der Waals surface area contributed by atoms with Crippen LogP contribution in [0.5, 0.6) is 0 Å². The third-order valence-corrected chi connectivity index (χ3v) is 3.32. The fraction of sp³-hybridized carbons (Fsp3) is 0.235. The Kier molecular flexibility index (Phi) is 5.65. The summed E-state index contributed by atoms with van der Waals surface area (Å²) in [5, 5.41) is 10.9. The first-order valence-corrected chi connectivity index (χ1v) is 7.21. The molecule has 0 aliphatic heterocycles. The normalized spacial score (nSPS) is 11.4. The molecule has 0 radical (unpaired) electrons. The smallest absolute Gasteiger partial charge is 0.240 e. The molecule has 0 bridgehead atoms. The second-order valence-corrected chi connectivity index (χ2v) is 5.00. The Labute approximate surface area is 130 Å². The lowest BCUT2D eigenvalue weighted by atomic mass is 10.1. The molecule has 2 aromatic rings. The van der Waals surface area contributed by atoms with E-state index < -0.39 is 0 Å². The molecule has 22 heavy (non-hydrogen) atoms. The van der Waals surface area contributed by atoms with Crippen LogP contribution in [0.25, 0.3) is 6.08 Å². The standard InChI is InChI=1S/C17H20N4O/c1-13-16(14(2)20-19-13)10-11-17(22)21-18-12-6-9-15-7-4-3-5-8-15/h3-9,12H,10-11H2,1-2H3,(H,19,20)(H,21,22)/b9-6+,18-12?. The molecule has 0 aliphatic rings. The number of rotatable bonds is 6. The summed E-state index contributed by atoms with van der Waals surface area (Å²) >= 11 is 0. The summed E-state index contributed by atoms with van der Waals surface area (Å²) in [7, 11) is 0. The summed E-state index contributed by atoms with van der Waals surface area (Å²) in [6, 6.07) is 9.91. The predicted molar refractivity (Wildman–Crippen MR) is 88.5 cm³/mol. The van der Waals surface area contributed by atoms with Crippen molar-refractivity contribution in [3.05, 3.63) is 58.9 Å². The number of aromatic amines is 1. The summed E-state index contributed by atoms with van der Waals surface area (Å²) < 4.78 is 0. The third-order valence-electron chi connectivity index (χ3n) is 3.32. The fourth-order valence-corrected chi connectivity index (χ4v) is 2.11. The number of carbonyl (C=O) groups is 1. The quantitative estimate of drug-likeness (QED) is 0.635. The lowest BCUT2D eigenvalue weighted by Gasteiger charge is -2.00. The van der Waals surface area contributed by atoms with Gasteiger partial charge in [-0.15, -0.1) is 0 Å². The number of nitrogens with one attached hydrogen (secondary N) is 2. The van der Waals surface area contributed by atoms with Gasteiger partial charge in [0.2, 0.25) is 5.91 Å². The van der Waals surface area contributed by atoms with Gasteiger partial charge in [0.25, 0.3) is 0 Å². The number of carbonyl (C=O) groups excluding carboxylic acids is 1. The van der Waals surface area contributed by atoms with Gasteiger partial charge in [-0.3, -0.25) is 9.89 Å². The van der Waals surface area contributed by atoms with Gasteiger partial charge in [0, 0.05) is 18.3 Å². The molecule has 0 saturated heterocycles. The molecule has 2 rings (SSSR count). The van der Waals surface area contributed by atoms with Gasteiger partial charge in [0.1, 0.15) is 0 Å². The van der Waals surface area contributed by atoms with Crippen LogP contribution in [0.15, 0.2) is 41.5 Å². The van der Waals surface area contributed by atoms with Gasteiger partial charge in [-0.05, 0) is 37.5 Å². The van der Waals surface area contributed by atoms with Crippen molar-refractivity contribution in [3.8, 4) is 0 Å². The highest BCUT2D eigenvalue weighted by atomic mass is 16.2. The van der Waals surface area contributed by atoms with E-state index in [4.69, 9.17) is 0 Å². The zero-order valence-electron chi connectivity index (χ0n) is 12.8. The average molecular weight is 296 g/mol. The number of aryl methyl sites for hydroxylation is 2. The van der Waals surface area contributed by atoms with E-state index in [1.165, 1.54) is 0 Å². The predicted octanol–water partition coefficient (Wildman–Crippen LogP) is 2.77. The van der Waals surface area contributed by atoms with Crippen LogP contribution < -0.4 is 5.43 Å². The maximum absolute atomic E-state index is 11.7. The van der Waals surface area contributed by atoms with E-state index in [2.05, 4.69) is 20.7 Å². The number of H-pyrrole nitrogens is 1. The first kappa shape index (κ1) is 15.7. The maximum Gasteiger partial charge on any atom is 0.240 e. The van der Waals surface area contributed by atoms with Crippen molar-refractivity contribution < 1.29 is 4.79 Å². The van der Waals surface area contributed by atoms with E-state index in [0.29, 0.717) is 12.8 Å². The van der Waals surface area contributed by atoms with E-state index in [1.54, 1.807) is 12.3 Å². The minimum atomic E-state index is -0.107. The van der Waals surface area contributed by atoms with Crippen molar-refractivity contribution in [3.63, 3.8) is 0 Å². The average Bonchev–Trinajstić information content (AvgIpc) is 2.84. The van der Waals surface area contributed by atoms with Gasteiger partial charge >= 0.3 is 0 Å². The second kappa shape index (κ2) is 7.93. The van der Waals surface area contributed by atoms with Crippen LogP contribution in [0.4, 0.5) is 0 Å². The van der Waals surface area contributed by atoms with Crippen molar-refractivity contribution in [2.75, 3.05) is 0 Å². The van der Waals surface area contributed by atoms with Crippen molar-refractivity contribution in [1.82, 2.24) is 15.6 Å². The first-order valence-electron chi connectivity index (χ1n) is 7.21. The Morgan fingerprint density at radius 1 is 1.32 bits per heavy atom. The number of hydrazone groups is 1.